The first-order valence-corrected chi connectivity index (χ1v) is 8.96. The fourth-order valence-electron chi connectivity index (χ4n) is 2.87. The number of ether oxygens (including phenoxy) is 2. The minimum Gasteiger partial charge on any atom is -1.00 e. The molecule has 0 amide bonds. The summed E-state index contributed by atoms with van der Waals surface area (Å²) < 4.78 is 12.8. The van der Waals surface area contributed by atoms with E-state index < -0.39 is 0 Å². The van der Waals surface area contributed by atoms with E-state index in [9.17, 15) is 0 Å². The number of rotatable bonds is 10. The van der Waals surface area contributed by atoms with E-state index in [1.165, 1.54) is 0 Å². The van der Waals surface area contributed by atoms with Gasteiger partial charge in [-0.05, 0) is 50.6 Å². The van der Waals surface area contributed by atoms with Crippen LogP contribution in [0.15, 0.2) is 54.6 Å². The van der Waals surface area contributed by atoms with Gasteiger partial charge >= 0.3 is 0 Å². The lowest BCUT2D eigenvalue weighted by Gasteiger charge is -2.35. The van der Waals surface area contributed by atoms with Crippen molar-refractivity contribution in [3.05, 3.63) is 60.2 Å². The first-order valence-electron chi connectivity index (χ1n) is 8.96. The van der Waals surface area contributed by atoms with Crippen molar-refractivity contribution in [1.29, 1.82) is 0 Å². The first-order chi connectivity index (χ1) is 11.7. The van der Waals surface area contributed by atoms with Gasteiger partial charge in [0.05, 0.1) is 19.6 Å². The van der Waals surface area contributed by atoms with Crippen LogP contribution in [0.25, 0.3) is 0 Å². The van der Waals surface area contributed by atoms with Crippen LogP contribution in [0.2, 0.25) is 0 Å². The third-order valence-electron chi connectivity index (χ3n) is 4.92. The lowest BCUT2D eigenvalue weighted by atomic mass is 10.2. The van der Waals surface area contributed by atoms with Crippen LogP contribution in [-0.4, -0.2) is 37.3 Å². The molecule has 2 aromatic carbocycles. The third-order valence-corrected chi connectivity index (χ3v) is 4.92. The van der Waals surface area contributed by atoms with Crippen LogP contribution in [-0.2, 0) is 6.61 Å². The van der Waals surface area contributed by atoms with Gasteiger partial charge in [0.25, 0.3) is 0 Å². The van der Waals surface area contributed by atoms with E-state index in [2.05, 4.69) is 32.9 Å². The van der Waals surface area contributed by atoms with Crippen LogP contribution in [0, 0.1) is 0 Å². The van der Waals surface area contributed by atoms with Crippen molar-refractivity contribution in [2.45, 2.75) is 27.4 Å². The predicted molar refractivity (Wildman–Crippen MR) is 99.5 cm³/mol. The third kappa shape index (κ3) is 6.86. The maximum Gasteiger partial charge on any atom is 0.137 e. The van der Waals surface area contributed by atoms with Gasteiger partial charge in [-0.3, -0.25) is 0 Å². The summed E-state index contributed by atoms with van der Waals surface area (Å²) in [5.74, 6) is 1.82. The second-order valence-corrected chi connectivity index (χ2v) is 6.11. The smallest absolute Gasteiger partial charge is 0.137 e. The van der Waals surface area contributed by atoms with Crippen molar-refractivity contribution in [1.82, 2.24) is 0 Å². The molecular formula is C21H30INO2. The SMILES string of the molecule is CC[N+](CC)(CC)CCOc1ccc(COc2ccccc2)cc1.[I-]. The number of para-hydroxylation sites is 1. The Morgan fingerprint density at radius 1 is 0.720 bits per heavy atom. The minimum absolute atomic E-state index is 0. The van der Waals surface area contributed by atoms with Crippen molar-refractivity contribution in [2.75, 3.05) is 32.8 Å². The van der Waals surface area contributed by atoms with Crippen LogP contribution in [0.5, 0.6) is 11.5 Å². The Kier molecular flexibility index (Phi) is 9.90. The van der Waals surface area contributed by atoms with Crippen molar-refractivity contribution in [3.63, 3.8) is 0 Å². The fraction of sp³-hybridized carbons (Fsp3) is 0.429. The Bertz CT molecular complexity index is 574. The molecule has 0 saturated carbocycles. The van der Waals surface area contributed by atoms with Gasteiger partial charge in [-0.15, -0.1) is 0 Å². The highest BCUT2D eigenvalue weighted by atomic mass is 127. The van der Waals surface area contributed by atoms with E-state index in [-0.39, 0.29) is 24.0 Å². The van der Waals surface area contributed by atoms with Crippen molar-refractivity contribution >= 4 is 0 Å². The van der Waals surface area contributed by atoms with Crippen LogP contribution < -0.4 is 33.5 Å². The first kappa shape index (κ1) is 21.8. The minimum atomic E-state index is 0. The zero-order valence-electron chi connectivity index (χ0n) is 15.6. The van der Waals surface area contributed by atoms with Crippen LogP contribution >= 0.6 is 0 Å². The number of nitrogens with zero attached hydrogens (tertiary/aromatic N) is 1. The topological polar surface area (TPSA) is 18.5 Å². The summed E-state index contributed by atoms with van der Waals surface area (Å²) in [6, 6.07) is 18.1. The van der Waals surface area contributed by atoms with Crippen molar-refractivity contribution in [2.24, 2.45) is 0 Å². The molecule has 0 aliphatic rings. The molecule has 0 saturated heterocycles. The molecule has 0 fully saturated rings. The summed E-state index contributed by atoms with van der Waals surface area (Å²) >= 11 is 0. The van der Waals surface area contributed by atoms with Crippen molar-refractivity contribution in [3.8, 4) is 11.5 Å². The summed E-state index contributed by atoms with van der Waals surface area (Å²) in [7, 11) is 0. The number of halogens is 1. The van der Waals surface area contributed by atoms with Gasteiger partial charge in [-0.2, -0.15) is 0 Å². The lowest BCUT2D eigenvalue weighted by Crippen LogP contribution is -3.00. The zero-order valence-corrected chi connectivity index (χ0v) is 17.7. The van der Waals surface area contributed by atoms with Crippen LogP contribution in [0.3, 0.4) is 0 Å². The highest BCUT2D eigenvalue weighted by molar-refractivity contribution is 5.28. The summed E-state index contributed by atoms with van der Waals surface area (Å²) in [4.78, 5) is 0. The summed E-state index contributed by atoms with van der Waals surface area (Å²) in [6.07, 6.45) is 0. The second-order valence-electron chi connectivity index (χ2n) is 6.11. The predicted octanol–water partition coefficient (Wildman–Crippen LogP) is 1.52. The van der Waals surface area contributed by atoms with Gasteiger partial charge in [-0.25, -0.2) is 0 Å². The van der Waals surface area contributed by atoms with E-state index >= 15 is 0 Å². The van der Waals surface area contributed by atoms with E-state index in [0.29, 0.717) is 6.61 Å². The fourth-order valence-corrected chi connectivity index (χ4v) is 2.87. The molecule has 0 bridgehead atoms. The Labute approximate surface area is 169 Å². The Morgan fingerprint density at radius 3 is 1.84 bits per heavy atom. The van der Waals surface area contributed by atoms with Gasteiger partial charge in [0.2, 0.25) is 0 Å². The molecule has 0 unspecified atom stereocenters. The van der Waals surface area contributed by atoms with E-state index in [4.69, 9.17) is 9.47 Å². The molecule has 0 atom stereocenters. The Hall–Kier alpha value is -1.27. The number of quaternary nitrogens is 1. The average molecular weight is 455 g/mol. The number of hydrogen-bond donors (Lipinski definition) is 0. The molecule has 3 nitrogen and oxygen atoms in total. The molecule has 25 heavy (non-hydrogen) atoms. The second kappa shape index (κ2) is 11.4. The van der Waals surface area contributed by atoms with E-state index in [1.54, 1.807) is 0 Å². The molecule has 2 rings (SSSR count). The molecule has 0 heterocycles. The molecule has 0 aliphatic carbocycles. The number of hydrogen-bond acceptors (Lipinski definition) is 2. The lowest BCUT2D eigenvalue weighted by molar-refractivity contribution is -0.923. The maximum atomic E-state index is 5.93. The molecule has 0 radical (unpaired) electrons. The molecule has 0 aromatic heterocycles. The van der Waals surface area contributed by atoms with Gasteiger partial charge in [0.15, 0.2) is 0 Å². The van der Waals surface area contributed by atoms with E-state index in [1.807, 2.05) is 42.5 Å². The standard InChI is InChI=1S/C21H30NO2.HI/c1-4-22(5-2,6-3)16-17-23-21-14-12-19(13-15-21)18-24-20-10-8-7-9-11-20;/h7-15H,4-6,16-18H2,1-3H3;1H/q+1;/p-1. The summed E-state index contributed by atoms with van der Waals surface area (Å²) in [6.45, 7) is 12.6. The zero-order chi connectivity index (χ0) is 17.3. The summed E-state index contributed by atoms with van der Waals surface area (Å²) in [5, 5.41) is 0. The Balaban J connectivity index is 0.00000312. The molecule has 138 valence electrons. The quantitative estimate of drug-likeness (QED) is 0.400. The molecular weight excluding hydrogens is 425 g/mol. The molecule has 4 heteroatoms. The monoisotopic (exact) mass is 455 g/mol. The van der Waals surface area contributed by atoms with Gasteiger partial charge in [0.1, 0.15) is 31.3 Å². The van der Waals surface area contributed by atoms with Crippen molar-refractivity contribution < 1.29 is 37.9 Å². The van der Waals surface area contributed by atoms with Gasteiger partial charge < -0.3 is 37.9 Å². The maximum absolute atomic E-state index is 5.93. The normalized spacial score (nSPS) is 10.8. The van der Waals surface area contributed by atoms with Crippen LogP contribution in [0.1, 0.15) is 26.3 Å². The number of benzene rings is 2. The van der Waals surface area contributed by atoms with Gasteiger partial charge in [0, 0.05) is 0 Å². The highest BCUT2D eigenvalue weighted by Crippen LogP contribution is 2.16. The number of likely N-dealkylation sites (N-methyl/N-ethyl adjacent to an activating group) is 1. The Morgan fingerprint density at radius 2 is 1.28 bits per heavy atom. The molecule has 0 aliphatic heterocycles. The molecule has 0 N–H and O–H groups in total. The molecule has 2 aromatic rings. The average Bonchev–Trinajstić information content (AvgIpc) is 2.66. The molecule has 0 spiro atoms. The highest BCUT2D eigenvalue weighted by Gasteiger charge is 2.20. The van der Waals surface area contributed by atoms with E-state index in [0.717, 1.165) is 54.3 Å². The summed E-state index contributed by atoms with van der Waals surface area (Å²) in [5.41, 5.74) is 1.15. The largest absolute Gasteiger partial charge is 1.00 e. The van der Waals surface area contributed by atoms with Gasteiger partial charge in [-0.1, -0.05) is 30.3 Å². The van der Waals surface area contributed by atoms with Crippen LogP contribution in [0.4, 0.5) is 0 Å².